The highest BCUT2D eigenvalue weighted by Crippen LogP contribution is 2.31. The summed E-state index contributed by atoms with van der Waals surface area (Å²) in [6.07, 6.45) is 1.11. The van der Waals surface area contributed by atoms with Gasteiger partial charge in [-0.2, -0.15) is 0 Å². The van der Waals surface area contributed by atoms with Crippen molar-refractivity contribution in [1.29, 1.82) is 0 Å². The number of nitrogens with one attached hydrogen (secondary N) is 1. The van der Waals surface area contributed by atoms with Crippen LogP contribution in [0.3, 0.4) is 0 Å². The summed E-state index contributed by atoms with van der Waals surface area (Å²) < 4.78 is 6.65. The second kappa shape index (κ2) is 8.03. The number of hydrogen-bond donors (Lipinski definition) is 2. The monoisotopic (exact) mass is 441 g/mol. The van der Waals surface area contributed by atoms with Crippen molar-refractivity contribution in [2.75, 3.05) is 5.32 Å². The molecule has 0 amide bonds. The maximum atomic E-state index is 11.1. The number of aromatic hydroxyl groups is 1. The van der Waals surface area contributed by atoms with Gasteiger partial charge in [-0.15, -0.1) is 0 Å². The van der Waals surface area contributed by atoms with Crippen LogP contribution in [-0.4, -0.2) is 34.6 Å². The average Bonchev–Trinajstić information content (AvgIpc) is 3.15. The van der Waals surface area contributed by atoms with E-state index in [0.717, 1.165) is 16.3 Å². The van der Waals surface area contributed by atoms with E-state index >= 15 is 0 Å². The number of aromatic nitrogens is 5. The number of benzene rings is 1. The fourth-order valence-corrected chi connectivity index (χ4v) is 3.05. The molecule has 0 atom stereocenters. The molecule has 0 aliphatic heterocycles. The summed E-state index contributed by atoms with van der Waals surface area (Å²) in [5, 5.41) is 29.0. The third-order valence-electron chi connectivity index (χ3n) is 4.33. The summed E-state index contributed by atoms with van der Waals surface area (Å²) in [6.45, 7) is 3.93. The normalized spacial score (nSPS) is 10.9. The van der Waals surface area contributed by atoms with Gasteiger partial charge in [0.15, 0.2) is 11.5 Å². The van der Waals surface area contributed by atoms with Crippen molar-refractivity contribution < 1.29 is 14.8 Å². The van der Waals surface area contributed by atoms with Crippen molar-refractivity contribution in [2.24, 2.45) is 0 Å². The highest BCUT2D eigenvalue weighted by Gasteiger charge is 2.17. The molecule has 1 aromatic carbocycles. The number of phenolic OH excluding ortho intramolecular Hbond substituents is 1. The van der Waals surface area contributed by atoms with E-state index < -0.39 is 4.92 Å². The molecule has 3 aromatic heterocycles. The molecule has 0 saturated heterocycles. The lowest BCUT2D eigenvalue weighted by Gasteiger charge is -2.11. The number of phenols is 1. The summed E-state index contributed by atoms with van der Waals surface area (Å²) in [6, 6.07) is 7.87. The minimum Gasteiger partial charge on any atom is -0.504 e. The lowest BCUT2D eigenvalue weighted by molar-refractivity contribution is -0.391. The molecular formula is C19H16ClN7O4. The van der Waals surface area contributed by atoms with Crippen molar-refractivity contribution in [3.05, 3.63) is 68.7 Å². The van der Waals surface area contributed by atoms with Gasteiger partial charge in [-0.3, -0.25) is 0 Å². The fraction of sp³-hybridized carbons (Fsp3) is 0.158. The van der Waals surface area contributed by atoms with Crippen LogP contribution in [-0.2, 0) is 6.54 Å². The molecule has 31 heavy (non-hydrogen) atoms. The number of aryl methyl sites for hydroxylation is 2. The predicted molar refractivity (Wildman–Crippen MR) is 112 cm³/mol. The molecule has 11 nitrogen and oxygen atoms in total. The first-order valence-corrected chi connectivity index (χ1v) is 9.43. The third kappa shape index (κ3) is 4.16. The van der Waals surface area contributed by atoms with Crippen molar-refractivity contribution in [3.63, 3.8) is 0 Å². The Balaban J connectivity index is 1.51. The SMILES string of the molecule is Cc1nc(C)c(Cl)c(NCc2ccc(Oc3ccc4ncc([N+](=O)[O-])n4n3)c(O)c2)n1. The van der Waals surface area contributed by atoms with Crippen LogP contribution in [0.1, 0.15) is 17.1 Å². The Labute approximate surface area is 180 Å². The molecule has 0 saturated carbocycles. The van der Waals surface area contributed by atoms with E-state index in [4.69, 9.17) is 16.3 Å². The smallest absolute Gasteiger partial charge is 0.368 e. The molecule has 4 rings (SSSR count). The second-order valence-corrected chi connectivity index (χ2v) is 6.97. The van der Waals surface area contributed by atoms with Gasteiger partial charge in [0, 0.05) is 18.7 Å². The zero-order valence-corrected chi connectivity index (χ0v) is 17.2. The van der Waals surface area contributed by atoms with Crippen LogP contribution >= 0.6 is 11.6 Å². The number of rotatable bonds is 6. The van der Waals surface area contributed by atoms with Crippen molar-refractivity contribution in [1.82, 2.24) is 24.6 Å². The van der Waals surface area contributed by atoms with E-state index in [1.165, 1.54) is 18.2 Å². The number of nitro groups is 1. The molecule has 158 valence electrons. The zero-order chi connectivity index (χ0) is 22.1. The van der Waals surface area contributed by atoms with Crippen LogP contribution in [0.2, 0.25) is 5.02 Å². The van der Waals surface area contributed by atoms with Crippen LogP contribution < -0.4 is 10.1 Å². The van der Waals surface area contributed by atoms with E-state index in [-0.39, 0.29) is 23.2 Å². The molecule has 0 aliphatic carbocycles. The Hall–Kier alpha value is -3.99. The van der Waals surface area contributed by atoms with Crippen LogP contribution in [0.5, 0.6) is 17.4 Å². The van der Waals surface area contributed by atoms with Crippen LogP contribution in [0.15, 0.2) is 36.5 Å². The molecular weight excluding hydrogens is 426 g/mol. The van der Waals surface area contributed by atoms with Gasteiger partial charge >= 0.3 is 5.82 Å². The minimum atomic E-state index is -0.594. The number of nitrogens with zero attached hydrogens (tertiary/aromatic N) is 6. The Bertz CT molecular complexity index is 1310. The number of halogens is 1. The largest absolute Gasteiger partial charge is 0.504 e. The van der Waals surface area contributed by atoms with Crippen molar-refractivity contribution in [3.8, 4) is 17.4 Å². The van der Waals surface area contributed by atoms with Crippen LogP contribution in [0.25, 0.3) is 5.65 Å². The number of ether oxygens (including phenoxy) is 1. The third-order valence-corrected chi connectivity index (χ3v) is 4.79. The average molecular weight is 442 g/mol. The van der Waals surface area contributed by atoms with Gasteiger partial charge in [-0.05, 0) is 41.6 Å². The number of imidazole rings is 1. The van der Waals surface area contributed by atoms with Crippen molar-refractivity contribution in [2.45, 2.75) is 20.4 Å². The predicted octanol–water partition coefficient (Wildman–Crippen LogP) is 3.81. The van der Waals surface area contributed by atoms with E-state index in [9.17, 15) is 15.2 Å². The highest BCUT2D eigenvalue weighted by atomic mass is 35.5. The molecule has 3 heterocycles. The molecule has 4 aromatic rings. The first kappa shape index (κ1) is 20.3. The Kier molecular flexibility index (Phi) is 5.26. The molecule has 0 radical (unpaired) electrons. The Morgan fingerprint density at radius 3 is 2.81 bits per heavy atom. The highest BCUT2D eigenvalue weighted by molar-refractivity contribution is 6.33. The van der Waals surface area contributed by atoms with Gasteiger partial charge in [0.05, 0.1) is 5.69 Å². The van der Waals surface area contributed by atoms with Crippen LogP contribution in [0, 0.1) is 24.0 Å². The summed E-state index contributed by atoms with van der Waals surface area (Å²) >= 11 is 6.23. The summed E-state index contributed by atoms with van der Waals surface area (Å²) in [4.78, 5) is 22.9. The Morgan fingerprint density at radius 2 is 2.06 bits per heavy atom. The minimum absolute atomic E-state index is 0.0634. The summed E-state index contributed by atoms with van der Waals surface area (Å²) in [5.74, 6) is 0.894. The van der Waals surface area contributed by atoms with Gasteiger partial charge in [0.2, 0.25) is 5.65 Å². The van der Waals surface area contributed by atoms with Gasteiger partial charge in [-0.1, -0.05) is 22.2 Å². The second-order valence-electron chi connectivity index (χ2n) is 6.59. The quantitative estimate of drug-likeness (QED) is 0.337. The number of hydrogen-bond acceptors (Lipinski definition) is 9. The van der Waals surface area contributed by atoms with E-state index in [0.29, 0.717) is 34.6 Å². The Morgan fingerprint density at radius 1 is 1.26 bits per heavy atom. The number of anilines is 1. The van der Waals surface area contributed by atoms with Gasteiger partial charge in [0.25, 0.3) is 5.88 Å². The van der Waals surface area contributed by atoms with Gasteiger partial charge < -0.3 is 25.3 Å². The molecule has 0 spiro atoms. The standard InChI is InChI=1S/C19H16ClN7O4/c1-10-18(20)19(24-11(2)23-10)22-8-12-3-4-14(13(28)7-12)31-16-6-5-15-21-9-17(27(29)30)26(15)25-16/h3-7,9,28H,8H2,1-2H3,(H,22,23,24). The summed E-state index contributed by atoms with van der Waals surface area (Å²) in [5.41, 5.74) is 1.73. The van der Waals surface area contributed by atoms with E-state index in [1.54, 1.807) is 26.0 Å². The van der Waals surface area contributed by atoms with Gasteiger partial charge in [0.1, 0.15) is 22.9 Å². The van der Waals surface area contributed by atoms with Gasteiger partial charge in [-0.25, -0.2) is 15.0 Å². The first-order chi connectivity index (χ1) is 14.8. The molecule has 0 fully saturated rings. The first-order valence-electron chi connectivity index (χ1n) is 9.05. The molecule has 0 bridgehead atoms. The lowest BCUT2D eigenvalue weighted by atomic mass is 10.2. The molecule has 0 unspecified atom stereocenters. The fourth-order valence-electron chi connectivity index (χ4n) is 2.90. The number of fused-ring (bicyclic) bond motifs is 1. The molecule has 12 heteroatoms. The van der Waals surface area contributed by atoms with E-state index in [2.05, 4.69) is 25.4 Å². The van der Waals surface area contributed by atoms with Crippen molar-refractivity contribution >= 4 is 28.9 Å². The summed E-state index contributed by atoms with van der Waals surface area (Å²) in [7, 11) is 0. The maximum Gasteiger partial charge on any atom is 0.368 e. The van der Waals surface area contributed by atoms with Crippen LogP contribution in [0.4, 0.5) is 11.6 Å². The molecule has 2 N–H and O–H groups in total. The molecule has 0 aliphatic rings. The topological polar surface area (TPSA) is 141 Å². The van der Waals surface area contributed by atoms with E-state index in [1.807, 2.05) is 0 Å². The zero-order valence-electron chi connectivity index (χ0n) is 16.4. The lowest BCUT2D eigenvalue weighted by Crippen LogP contribution is -2.05. The maximum absolute atomic E-state index is 11.1.